The Hall–Kier alpha value is -1.36. The second kappa shape index (κ2) is 6.00. The lowest BCUT2D eigenvalue weighted by molar-refractivity contribution is -0.122. The quantitative estimate of drug-likeness (QED) is 0.825. The molecule has 1 unspecified atom stereocenters. The highest BCUT2D eigenvalue weighted by Gasteiger charge is 2.25. The van der Waals surface area contributed by atoms with Crippen LogP contribution in [-0.2, 0) is 17.8 Å². The molecule has 0 aromatic carbocycles. The molecule has 0 spiro atoms. The number of nitrogens with one attached hydrogen (secondary N) is 1. The summed E-state index contributed by atoms with van der Waals surface area (Å²) in [6.07, 6.45) is 6.30. The number of fused-ring (bicyclic) bond motifs is 1. The maximum Gasteiger partial charge on any atom is 0.220 e. The number of nitrogens with zero attached hydrogens (tertiary/aromatic N) is 2. The summed E-state index contributed by atoms with van der Waals surface area (Å²) in [7, 11) is 0. The van der Waals surface area contributed by atoms with E-state index in [1.54, 1.807) is 0 Å². The minimum atomic E-state index is 0.0974. The van der Waals surface area contributed by atoms with Crippen molar-refractivity contribution >= 4 is 5.91 Å². The standard InChI is InChI=1S/C13H21N3O2/c1-2-4-13(18)15-11-5-3-6-12-10(11)9-14-16(12)7-8-17/h9,11,17H,2-8H2,1H3,(H,15,18). The van der Waals surface area contributed by atoms with Gasteiger partial charge in [0.25, 0.3) is 0 Å². The summed E-state index contributed by atoms with van der Waals surface area (Å²) in [5, 5.41) is 16.4. The molecule has 2 rings (SSSR count). The molecule has 1 aliphatic rings. The van der Waals surface area contributed by atoms with Gasteiger partial charge in [0.15, 0.2) is 0 Å². The minimum Gasteiger partial charge on any atom is -0.394 e. The summed E-state index contributed by atoms with van der Waals surface area (Å²) >= 11 is 0. The number of aliphatic hydroxyl groups is 1. The lowest BCUT2D eigenvalue weighted by Gasteiger charge is -2.24. The molecule has 1 aliphatic carbocycles. The minimum absolute atomic E-state index is 0.0974. The second-order valence-corrected chi connectivity index (χ2v) is 4.76. The van der Waals surface area contributed by atoms with E-state index < -0.39 is 0 Å². The normalized spacial score (nSPS) is 18.4. The summed E-state index contributed by atoms with van der Waals surface area (Å²) in [6, 6.07) is 0.0974. The molecule has 1 aromatic heterocycles. The fourth-order valence-corrected chi connectivity index (χ4v) is 2.55. The Kier molecular flexibility index (Phi) is 4.36. The number of hydrogen-bond acceptors (Lipinski definition) is 3. The van der Waals surface area contributed by atoms with E-state index in [-0.39, 0.29) is 18.6 Å². The first-order valence-corrected chi connectivity index (χ1v) is 6.71. The summed E-state index contributed by atoms with van der Waals surface area (Å²) in [6.45, 7) is 2.64. The molecule has 100 valence electrons. The van der Waals surface area contributed by atoms with Gasteiger partial charge in [-0.3, -0.25) is 9.48 Å². The Bertz CT molecular complexity index is 414. The first-order valence-electron chi connectivity index (χ1n) is 6.71. The van der Waals surface area contributed by atoms with Gasteiger partial charge >= 0.3 is 0 Å². The van der Waals surface area contributed by atoms with Gasteiger partial charge < -0.3 is 10.4 Å². The number of carbonyl (C=O) groups excluding carboxylic acids is 1. The number of hydrogen-bond donors (Lipinski definition) is 2. The smallest absolute Gasteiger partial charge is 0.220 e. The highest BCUT2D eigenvalue weighted by molar-refractivity contribution is 5.76. The Labute approximate surface area is 107 Å². The van der Waals surface area contributed by atoms with Crippen LogP contribution in [0.2, 0.25) is 0 Å². The van der Waals surface area contributed by atoms with Crippen LogP contribution in [0, 0.1) is 0 Å². The van der Waals surface area contributed by atoms with Crippen molar-refractivity contribution in [3.05, 3.63) is 17.5 Å². The Morgan fingerprint density at radius 2 is 2.50 bits per heavy atom. The van der Waals surface area contributed by atoms with E-state index in [0.29, 0.717) is 13.0 Å². The first-order chi connectivity index (χ1) is 8.76. The van der Waals surface area contributed by atoms with Crippen LogP contribution in [0.15, 0.2) is 6.20 Å². The lowest BCUT2D eigenvalue weighted by Crippen LogP contribution is -2.30. The van der Waals surface area contributed by atoms with E-state index >= 15 is 0 Å². The number of aliphatic hydroxyl groups excluding tert-OH is 1. The van der Waals surface area contributed by atoms with Gasteiger partial charge in [0, 0.05) is 17.7 Å². The molecule has 0 aliphatic heterocycles. The number of rotatable bonds is 5. The summed E-state index contributed by atoms with van der Waals surface area (Å²) in [5.41, 5.74) is 2.29. The SMILES string of the molecule is CCCC(=O)NC1CCCc2c1cnn2CCO. The zero-order chi connectivity index (χ0) is 13.0. The number of amides is 1. The van der Waals surface area contributed by atoms with Crippen LogP contribution in [0.25, 0.3) is 0 Å². The molecule has 5 heteroatoms. The van der Waals surface area contributed by atoms with Crippen molar-refractivity contribution in [2.45, 2.75) is 51.6 Å². The predicted molar refractivity (Wildman–Crippen MR) is 68.0 cm³/mol. The van der Waals surface area contributed by atoms with E-state index in [0.717, 1.165) is 36.9 Å². The van der Waals surface area contributed by atoms with E-state index in [4.69, 9.17) is 5.11 Å². The van der Waals surface area contributed by atoms with E-state index in [9.17, 15) is 4.79 Å². The summed E-state index contributed by atoms with van der Waals surface area (Å²) < 4.78 is 1.85. The molecule has 1 atom stereocenters. The Morgan fingerprint density at radius 1 is 1.67 bits per heavy atom. The number of carbonyl (C=O) groups is 1. The third-order valence-electron chi connectivity index (χ3n) is 3.39. The highest BCUT2D eigenvalue weighted by atomic mass is 16.3. The molecule has 0 saturated heterocycles. The molecule has 2 N–H and O–H groups in total. The lowest BCUT2D eigenvalue weighted by atomic mass is 9.93. The predicted octanol–water partition coefficient (Wildman–Crippen LogP) is 1.17. The van der Waals surface area contributed by atoms with Crippen LogP contribution in [0.3, 0.4) is 0 Å². The van der Waals surface area contributed by atoms with Gasteiger partial charge in [-0.1, -0.05) is 6.92 Å². The fourth-order valence-electron chi connectivity index (χ4n) is 2.55. The molecule has 5 nitrogen and oxygen atoms in total. The zero-order valence-electron chi connectivity index (χ0n) is 10.9. The van der Waals surface area contributed by atoms with Gasteiger partial charge in [0.05, 0.1) is 25.4 Å². The maximum atomic E-state index is 11.7. The van der Waals surface area contributed by atoms with E-state index in [1.807, 2.05) is 17.8 Å². The summed E-state index contributed by atoms with van der Waals surface area (Å²) in [5.74, 6) is 0.116. The maximum absolute atomic E-state index is 11.7. The fraction of sp³-hybridized carbons (Fsp3) is 0.692. The van der Waals surface area contributed by atoms with Gasteiger partial charge in [-0.05, 0) is 25.7 Å². The van der Waals surface area contributed by atoms with Crippen molar-refractivity contribution in [3.8, 4) is 0 Å². The van der Waals surface area contributed by atoms with Crippen LogP contribution in [-0.4, -0.2) is 27.4 Å². The van der Waals surface area contributed by atoms with Crippen molar-refractivity contribution in [2.75, 3.05) is 6.61 Å². The third kappa shape index (κ3) is 2.72. The zero-order valence-corrected chi connectivity index (χ0v) is 10.9. The monoisotopic (exact) mass is 251 g/mol. The average Bonchev–Trinajstić information content (AvgIpc) is 2.75. The van der Waals surface area contributed by atoms with Crippen LogP contribution < -0.4 is 5.32 Å². The van der Waals surface area contributed by atoms with E-state index in [2.05, 4.69) is 10.4 Å². The van der Waals surface area contributed by atoms with Crippen molar-refractivity contribution in [3.63, 3.8) is 0 Å². The third-order valence-corrected chi connectivity index (χ3v) is 3.39. The highest BCUT2D eigenvalue weighted by Crippen LogP contribution is 2.29. The van der Waals surface area contributed by atoms with Crippen molar-refractivity contribution in [1.29, 1.82) is 0 Å². The second-order valence-electron chi connectivity index (χ2n) is 4.76. The molecule has 1 heterocycles. The number of aromatic nitrogens is 2. The summed E-state index contributed by atoms with van der Waals surface area (Å²) in [4.78, 5) is 11.7. The molecule has 0 fully saturated rings. The molecule has 1 aromatic rings. The largest absolute Gasteiger partial charge is 0.394 e. The molecule has 0 saturated carbocycles. The van der Waals surface area contributed by atoms with Crippen molar-refractivity contribution in [1.82, 2.24) is 15.1 Å². The van der Waals surface area contributed by atoms with E-state index in [1.165, 1.54) is 0 Å². The van der Waals surface area contributed by atoms with Crippen LogP contribution in [0.5, 0.6) is 0 Å². The van der Waals surface area contributed by atoms with Crippen molar-refractivity contribution < 1.29 is 9.90 Å². The van der Waals surface area contributed by atoms with Gasteiger partial charge in [-0.2, -0.15) is 5.10 Å². The van der Waals surface area contributed by atoms with Gasteiger partial charge in [-0.15, -0.1) is 0 Å². The molecule has 1 amide bonds. The van der Waals surface area contributed by atoms with Gasteiger partial charge in [0.2, 0.25) is 5.91 Å². The van der Waals surface area contributed by atoms with Gasteiger partial charge in [-0.25, -0.2) is 0 Å². The molecular formula is C13H21N3O2. The molecular weight excluding hydrogens is 230 g/mol. The Morgan fingerprint density at radius 3 is 3.22 bits per heavy atom. The molecule has 0 radical (unpaired) electrons. The first kappa shape index (κ1) is 13.1. The Balaban J connectivity index is 2.10. The topological polar surface area (TPSA) is 67.2 Å². The molecule has 18 heavy (non-hydrogen) atoms. The van der Waals surface area contributed by atoms with Crippen LogP contribution >= 0.6 is 0 Å². The van der Waals surface area contributed by atoms with Crippen molar-refractivity contribution in [2.24, 2.45) is 0 Å². The van der Waals surface area contributed by atoms with Crippen LogP contribution in [0.4, 0.5) is 0 Å². The van der Waals surface area contributed by atoms with Gasteiger partial charge in [0.1, 0.15) is 0 Å². The van der Waals surface area contributed by atoms with Crippen LogP contribution in [0.1, 0.15) is 49.9 Å². The average molecular weight is 251 g/mol. The molecule has 0 bridgehead atoms.